The van der Waals surface area contributed by atoms with Crippen LogP contribution in [0.5, 0.6) is 0 Å². The van der Waals surface area contributed by atoms with Crippen LogP contribution >= 0.6 is 11.3 Å². The molecule has 3 heterocycles. The van der Waals surface area contributed by atoms with Crippen molar-refractivity contribution >= 4 is 42.8 Å². The highest BCUT2D eigenvalue weighted by Crippen LogP contribution is 2.48. The fraction of sp³-hybridized carbons (Fsp3) is 0.515. The number of halogens is 2. The third-order valence-electron chi connectivity index (χ3n) is 9.08. The lowest BCUT2D eigenvalue weighted by atomic mass is 9.99. The highest BCUT2D eigenvalue weighted by atomic mass is 32.2. The number of carbonyl (C=O) groups excluding carboxylic acids is 1. The zero-order valence-corrected chi connectivity index (χ0v) is 28.2. The summed E-state index contributed by atoms with van der Waals surface area (Å²) in [5, 5.41) is 18.3. The van der Waals surface area contributed by atoms with Crippen molar-refractivity contribution in [3.05, 3.63) is 64.9 Å². The average Bonchev–Trinajstić information content (AvgIpc) is 3.47. The normalized spacial score (nSPS) is 23.3. The highest BCUT2D eigenvalue weighted by Gasteiger charge is 2.49. The van der Waals surface area contributed by atoms with Crippen molar-refractivity contribution in [3.8, 4) is 0 Å². The number of benzene rings is 2. The third kappa shape index (κ3) is 7.07. The molecule has 1 amide bonds. The van der Waals surface area contributed by atoms with Crippen LogP contribution in [0.1, 0.15) is 38.7 Å². The molecule has 15 heteroatoms. The summed E-state index contributed by atoms with van der Waals surface area (Å²) in [5.74, 6) is -1.38. The molecule has 3 N–H and O–H groups in total. The molecule has 1 aromatic heterocycles. The van der Waals surface area contributed by atoms with E-state index < -0.39 is 46.4 Å². The maximum absolute atomic E-state index is 14.2. The number of ether oxygens (including phenoxy) is 3. The Morgan fingerprint density at radius 3 is 2.65 bits per heavy atom. The summed E-state index contributed by atoms with van der Waals surface area (Å²) in [6, 6.07) is 6.90. The summed E-state index contributed by atoms with van der Waals surface area (Å²) in [5.41, 5.74) is 1.71. The molecule has 48 heavy (non-hydrogen) atoms. The molecule has 2 aliphatic heterocycles. The van der Waals surface area contributed by atoms with Crippen molar-refractivity contribution < 1.29 is 41.3 Å². The van der Waals surface area contributed by atoms with E-state index >= 15 is 0 Å². The second kappa shape index (κ2) is 13.2. The molecule has 3 unspecified atom stereocenters. The Kier molecular flexibility index (Phi) is 9.19. The van der Waals surface area contributed by atoms with Crippen molar-refractivity contribution in [1.29, 1.82) is 0 Å². The topological polar surface area (TPSA) is 139 Å². The number of amides is 1. The first-order chi connectivity index (χ1) is 22.9. The Morgan fingerprint density at radius 2 is 1.92 bits per heavy atom. The number of alkyl carbamates (subject to hydrolysis) is 1. The van der Waals surface area contributed by atoms with Crippen LogP contribution in [0.25, 0.3) is 10.2 Å². The van der Waals surface area contributed by atoms with Crippen LogP contribution in [0, 0.1) is 29.4 Å². The van der Waals surface area contributed by atoms with Gasteiger partial charge in [0.2, 0.25) is 10.0 Å². The minimum Gasteiger partial charge on any atom is -0.414 e. The average molecular weight is 705 g/mol. The number of hydrogen-bond donors (Lipinski definition) is 3. The van der Waals surface area contributed by atoms with Gasteiger partial charge in [0.05, 0.1) is 40.5 Å². The fourth-order valence-electron chi connectivity index (χ4n) is 6.65. The molecule has 3 aromatic rings. The van der Waals surface area contributed by atoms with E-state index in [1.54, 1.807) is 12.1 Å². The quantitative estimate of drug-likeness (QED) is 0.230. The van der Waals surface area contributed by atoms with Gasteiger partial charge in [-0.1, -0.05) is 25.2 Å². The molecular weight excluding hydrogens is 667 g/mol. The molecule has 2 aromatic carbocycles. The van der Waals surface area contributed by atoms with Crippen LogP contribution < -0.4 is 10.6 Å². The summed E-state index contributed by atoms with van der Waals surface area (Å²) in [6.07, 6.45) is -0.0191. The van der Waals surface area contributed by atoms with E-state index in [-0.39, 0.29) is 54.1 Å². The number of anilines is 1. The maximum Gasteiger partial charge on any atom is 0.412 e. The number of aromatic nitrogens is 1. The van der Waals surface area contributed by atoms with Crippen LogP contribution in [0.15, 0.2) is 52.6 Å². The second-order valence-electron chi connectivity index (χ2n) is 13.4. The van der Waals surface area contributed by atoms with Crippen LogP contribution in [0.3, 0.4) is 0 Å². The number of thiazole rings is 1. The third-order valence-corrected chi connectivity index (χ3v) is 11.9. The predicted molar refractivity (Wildman–Crippen MR) is 174 cm³/mol. The first kappa shape index (κ1) is 33.3. The number of hydrogen-bond acceptors (Lipinski definition) is 10. The lowest BCUT2D eigenvalue weighted by Gasteiger charge is -2.31. The lowest BCUT2D eigenvalue weighted by molar-refractivity contribution is -0.161. The molecule has 11 nitrogen and oxygen atoms in total. The van der Waals surface area contributed by atoms with Gasteiger partial charge >= 0.3 is 6.09 Å². The monoisotopic (exact) mass is 704 g/mol. The Hall–Kier alpha value is -3.21. The molecule has 0 spiro atoms. The van der Waals surface area contributed by atoms with Gasteiger partial charge in [-0.15, -0.1) is 0 Å². The number of aliphatic hydroxyl groups excluding tert-OH is 1. The van der Waals surface area contributed by atoms with Gasteiger partial charge in [-0.2, -0.15) is 4.31 Å². The Labute approximate surface area is 281 Å². The van der Waals surface area contributed by atoms with E-state index in [4.69, 9.17) is 14.2 Å². The summed E-state index contributed by atoms with van der Waals surface area (Å²) in [4.78, 5) is 17.9. The van der Waals surface area contributed by atoms with E-state index in [1.807, 2.05) is 13.8 Å². The first-order valence-corrected chi connectivity index (χ1v) is 18.4. The van der Waals surface area contributed by atoms with Gasteiger partial charge in [0.1, 0.15) is 17.4 Å². The number of aliphatic hydroxyl groups is 1. The van der Waals surface area contributed by atoms with E-state index in [0.717, 1.165) is 48.2 Å². The van der Waals surface area contributed by atoms with Crippen molar-refractivity contribution in [2.24, 2.45) is 17.8 Å². The summed E-state index contributed by atoms with van der Waals surface area (Å²) < 4.78 is 75.5. The van der Waals surface area contributed by atoms with Gasteiger partial charge in [-0.3, -0.25) is 0 Å². The second-order valence-corrected chi connectivity index (χ2v) is 16.4. The van der Waals surface area contributed by atoms with Gasteiger partial charge in [0.25, 0.3) is 0 Å². The highest BCUT2D eigenvalue weighted by molar-refractivity contribution is 7.89. The number of nitrogens with one attached hydrogen (secondary N) is 2. The standard InChI is InChI=1S/C33H38F2N4O7S2/c1-17(2)13-39(48(42,43)23-5-6-26-29(12-23)47-32(37-26)36-22-3-4-22)14-28(40)27(9-18-7-20(34)11-21(35)8-18)38-33(41)46-30-19-10-24-25(30)16-45-31(24)44-15-19/h5-8,11-12,17,19,22,24,27-28,31,40H,3-4,9-10,13-16H2,1-2H3,(H,36,37)(H,38,41)/t19?,24?,27-,28+,31?/m0/s1. The van der Waals surface area contributed by atoms with Gasteiger partial charge < -0.3 is 30.0 Å². The van der Waals surface area contributed by atoms with Crippen LogP contribution in [0.2, 0.25) is 0 Å². The molecule has 5 atom stereocenters. The molecule has 7 rings (SSSR count). The van der Waals surface area contributed by atoms with Crippen molar-refractivity contribution in [2.75, 3.05) is 31.6 Å². The molecule has 4 aliphatic rings. The molecule has 1 saturated carbocycles. The molecule has 3 fully saturated rings. The van der Waals surface area contributed by atoms with Crippen LogP contribution in [-0.2, 0) is 30.7 Å². The summed E-state index contributed by atoms with van der Waals surface area (Å²) in [6.45, 7) is 4.01. The zero-order valence-electron chi connectivity index (χ0n) is 26.5. The fourth-order valence-corrected chi connectivity index (χ4v) is 9.35. The van der Waals surface area contributed by atoms with Crippen molar-refractivity contribution in [3.63, 3.8) is 0 Å². The van der Waals surface area contributed by atoms with Gasteiger partial charge in [0.15, 0.2) is 11.4 Å². The van der Waals surface area contributed by atoms with Crippen molar-refractivity contribution in [2.45, 2.75) is 68.9 Å². The number of fused-ring (bicyclic) bond motifs is 2. The van der Waals surface area contributed by atoms with Crippen molar-refractivity contribution in [1.82, 2.24) is 14.6 Å². The number of carbonyl (C=O) groups is 1. The van der Waals surface area contributed by atoms with E-state index in [1.165, 1.54) is 21.7 Å². The zero-order chi connectivity index (χ0) is 33.7. The van der Waals surface area contributed by atoms with E-state index in [0.29, 0.717) is 28.6 Å². The van der Waals surface area contributed by atoms with E-state index in [2.05, 4.69) is 15.6 Å². The maximum atomic E-state index is 14.2. The Bertz CT molecular complexity index is 1830. The summed E-state index contributed by atoms with van der Waals surface area (Å²) in [7, 11) is -4.13. The predicted octanol–water partition coefficient (Wildman–Crippen LogP) is 4.77. The smallest absolute Gasteiger partial charge is 0.412 e. The largest absolute Gasteiger partial charge is 0.414 e. The SMILES string of the molecule is CC(C)CN(C[C@@H](O)[C@H](Cc1cc(F)cc(F)c1)NC(=O)OC1=C2COC3OCC1CC23)S(=O)(=O)c1ccc2nc(NC3CC3)sc2c1. The molecule has 2 aliphatic carbocycles. The Balaban J connectivity index is 1.13. The minimum absolute atomic E-state index is 0.0169. The molecule has 2 bridgehead atoms. The van der Waals surface area contributed by atoms with E-state index in [9.17, 15) is 27.1 Å². The Morgan fingerprint density at radius 1 is 1.15 bits per heavy atom. The lowest BCUT2D eigenvalue weighted by Crippen LogP contribution is -2.51. The molecule has 258 valence electrons. The van der Waals surface area contributed by atoms with Crippen LogP contribution in [-0.4, -0.2) is 79.7 Å². The first-order valence-electron chi connectivity index (χ1n) is 16.2. The number of sulfonamides is 1. The number of nitrogens with zero attached hydrogens (tertiary/aromatic N) is 2. The summed E-state index contributed by atoms with van der Waals surface area (Å²) >= 11 is 1.38. The van der Waals surface area contributed by atoms with Gasteiger partial charge in [-0.05, 0) is 67.5 Å². The molecule has 2 saturated heterocycles. The van der Waals surface area contributed by atoms with Gasteiger partial charge in [-0.25, -0.2) is 27.0 Å². The number of rotatable bonds is 13. The molecular formula is C33H38F2N4O7S2. The van der Waals surface area contributed by atoms with Crippen LogP contribution in [0.4, 0.5) is 18.7 Å². The minimum atomic E-state index is -4.13. The van der Waals surface area contributed by atoms with Gasteiger partial charge in [0, 0.05) is 42.6 Å². The molecule has 0 radical (unpaired) electrons.